The second-order valence-corrected chi connectivity index (χ2v) is 11.1. The van der Waals surface area contributed by atoms with Crippen LogP contribution in [-0.2, 0) is 23.7 Å². The first-order valence-corrected chi connectivity index (χ1v) is 13.0. The van der Waals surface area contributed by atoms with Gasteiger partial charge >= 0.3 is 0 Å². The van der Waals surface area contributed by atoms with E-state index in [0.29, 0.717) is 12.8 Å². The molecule has 4 fully saturated rings. The highest BCUT2D eigenvalue weighted by Crippen LogP contribution is 2.35. The van der Waals surface area contributed by atoms with Gasteiger partial charge in [0.2, 0.25) is 0 Å². The Kier molecular flexibility index (Phi) is 9.10. The molecule has 12 N–H and O–H groups in total. The van der Waals surface area contributed by atoms with E-state index in [2.05, 4.69) is 5.32 Å². The molecule has 4 aliphatic rings. The van der Waals surface area contributed by atoms with Crippen LogP contribution in [0.1, 0.15) is 39.0 Å². The van der Waals surface area contributed by atoms with Crippen LogP contribution < -0.4 is 22.5 Å². The maximum Gasteiger partial charge on any atom is 0.252 e. The van der Waals surface area contributed by atoms with Crippen molar-refractivity contribution in [2.24, 2.45) is 23.1 Å². The zero-order valence-corrected chi connectivity index (χ0v) is 21.0. The van der Waals surface area contributed by atoms with Crippen LogP contribution in [0.2, 0.25) is 0 Å². The molecule has 1 amide bonds. The molecule has 12 atom stereocenters. The minimum absolute atomic E-state index is 0.0548. The highest BCUT2D eigenvalue weighted by Gasteiger charge is 2.50. The quantitative estimate of drug-likeness (QED) is 0.143. The first-order chi connectivity index (χ1) is 17.4. The third kappa shape index (κ3) is 6.10. The Morgan fingerprint density at radius 1 is 1.00 bits per heavy atom. The average Bonchev–Trinajstić information content (AvgIpc) is 3.22. The lowest BCUT2D eigenvalue weighted by Crippen LogP contribution is -2.64. The van der Waals surface area contributed by atoms with Crippen molar-refractivity contribution in [3.8, 4) is 0 Å². The van der Waals surface area contributed by atoms with E-state index >= 15 is 0 Å². The van der Waals surface area contributed by atoms with Crippen molar-refractivity contribution in [2.75, 3.05) is 13.2 Å². The normalized spacial score (nSPS) is 50.5. The molecule has 0 unspecified atom stereocenters. The van der Waals surface area contributed by atoms with Gasteiger partial charge in [0.05, 0.1) is 30.9 Å². The smallest absolute Gasteiger partial charge is 0.252 e. The number of ether oxygens (including phenoxy) is 4. The summed E-state index contributed by atoms with van der Waals surface area (Å²) in [7, 11) is 0. The SMILES string of the molecule is C[C@@H]1C[C@H](O[C@H]2C[C@H](O[C@H]3O[C@@H](CN)[C@@H](O)[C@H](O)[C@H]3N)[C@@H](CO)O2)[C@@H](O)[C@H](NC(=O)C2(O)CC(N)C2)C1. The molecule has 14 nitrogen and oxygen atoms in total. The van der Waals surface area contributed by atoms with E-state index in [1.54, 1.807) is 0 Å². The first-order valence-electron chi connectivity index (χ1n) is 13.0. The molecule has 0 aromatic rings. The molecular formula is C23H42N4O10. The molecule has 4 rings (SSSR count). The van der Waals surface area contributed by atoms with E-state index < -0.39 is 78.9 Å². The zero-order valence-electron chi connectivity index (χ0n) is 21.0. The monoisotopic (exact) mass is 534 g/mol. The second kappa shape index (κ2) is 11.6. The third-order valence-electron chi connectivity index (χ3n) is 7.99. The number of rotatable bonds is 8. The molecule has 0 aromatic carbocycles. The van der Waals surface area contributed by atoms with Crippen LogP contribution in [0.5, 0.6) is 0 Å². The summed E-state index contributed by atoms with van der Waals surface area (Å²) in [6.07, 6.45) is -7.05. The minimum atomic E-state index is -1.52. The number of aliphatic hydroxyl groups excluding tert-OH is 4. The molecule has 0 spiro atoms. The molecule has 14 heteroatoms. The molecule has 0 radical (unpaired) electrons. The van der Waals surface area contributed by atoms with Crippen molar-refractivity contribution in [1.29, 1.82) is 0 Å². The summed E-state index contributed by atoms with van der Waals surface area (Å²) in [5.74, 6) is -0.447. The number of carbonyl (C=O) groups excluding carboxylic acids is 1. The number of carbonyl (C=O) groups is 1. The first kappa shape index (κ1) is 29.0. The Labute approximate surface area is 215 Å². The van der Waals surface area contributed by atoms with E-state index in [4.69, 9.17) is 36.1 Å². The number of amides is 1. The van der Waals surface area contributed by atoms with E-state index in [0.717, 1.165) is 0 Å². The Balaban J connectivity index is 1.35. The second-order valence-electron chi connectivity index (χ2n) is 11.1. The van der Waals surface area contributed by atoms with Gasteiger partial charge in [-0.15, -0.1) is 0 Å². The summed E-state index contributed by atoms with van der Waals surface area (Å²) in [6.45, 7) is 1.53. The van der Waals surface area contributed by atoms with Crippen LogP contribution in [0.4, 0.5) is 0 Å². The fourth-order valence-corrected chi connectivity index (χ4v) is 5.75. The van der Waals surface area contributed by atoms with Gasteiger partial charge in [-0.3, -0.25) is 4.79 Å². The van der Waals surface area contributed by atoms with Gasteiger partial charge in [0.25, 0.3) is 5.91 Å². The van der Waals surface area contributed by atoms with E-state index in [-0.39, 0.29) is 44.4 Å². The number of aliphatic hydroxyl groups is 5. The van der Waals surface area contributed by atoms with Crippen LogP contribution in [0, 0.1) is 5.92 Å². The van der Waals surface area contributed by atoms with Crippen molar-refractivity contribution in [3.63, 3.8) is 0 Å². The van der Waals surface area contributed by atoms with E-state index in [9.17, 15) is 30.3 Å². The predicted octanol–water partition coefficient (Wildman–Crippen LogP) is -4.28. The Bertz CT molecular complexity index is 787. The Hall–Kier alpha value is -1.01. The Morgan fingerprint density at radius 2 is 1.70 bits per heavy atom. The lowest BCUT2D eigenvalue weighted by Gasteiger charge is -2.43. The summed E-state index contributed by atoms with van der Waals surface area (Å²) < 4.78 is 23.4. The molecule has 214 valence electrons. The number of hydrogen-bond donors (Lipinski definition) is 9. The van der Waals surface area contributed by atoms with Gasteiger partial charge in [-0.1, -0.05) is 6.92 Å². The van der Waals surface area contributed by atoms with Crippen molar-refractivity contribution in [1.82, 2.24) is 5.32 Å². The summed E-state index contributed by atoms with van der Waals surface area (Å²) in [5, 5.41) is 54.3. The fraction of sp³-hybridized carbons (Fsp3) is 0.957. The molecule has 2 saturated heterocycles. The lowest BCUT2D eigenvalue weighted by atomic mass is 9.75. The highest BCUT2D eigenvalue weighted by atomic mass is 16.7. The molecular weight excluding hydrogens is 492 g/mol. The van der Waals surface area contributed by atoms with Gasteiger partial charge in [-0.05, 0) is 18.8 Å². The van der Waals surface area contributed by atoms with Gasteiger partial charge in [0, 0.05) is 31.8 Å². The summed E-state index contributed by atoms with van der Waals surface area (Å²) in [5.41, 5.74) is 15.8. The molecule has 2 aliphatic heterocycles. The fourth-order valence-electron chi connectivity index (χ4n) is 5.75. The van der Waals surface area contributed by atoms with Crippen molar-refractivity contribution < 1.29 is 49.3 Å². The molecule has 0 bridgehead atoms. The zero-order chi connectivity index (χ0) is 27.1. The van der Waals surface area contributed by atoms with Gasteiger partial charge in [-0.2, -0.15) is 0 Å². The topological polar surface area (TPSA) is 245 Å². The minimum Gasteiger partial charge on any atom is -0.394 e. The van der Waals surface area contributed by atoms with Crippen molar-refractivity contribution >= 4 is 5.91 Å². The average molecular weight is 535 g/mol. The van der Waals surface area contributed by atoms with Crippen LogP contribution in [0.15, 0.2) is 0 Å². The van der Waals surface area contributed by atoms with Gasteiger partial charge < -0.3 is 67.0 Å². The van der Waals surface area contributed by atoms with Crippen LogP contribution in [0.25, 0.3) is 0 Å². The van der Waals surface area contributed by atoms with Crippen LogP contribution in [-0.4, -0.2) is 124 Å². The maximum absolute atomic E-state index is 12.6. The highest BCUT2D eigenvalue weighted by molar-refractivity contribution is 5.86. The van der Waals surface area contributed by atoms with E-state index in [1.807, 2.05) is 6.92 Å². The standard InChI is InChI=1S/C23H42N4O10/c1-9-2-11(27-22(32)23(33)5-10(25)6-23)18(29)13(3-9)34-16-4-12(15(8-28)35-16)36-21-17(26)20(31)19(30)14(7-24)37-21/h9-21,28-31,33H,2-8,24-26H2,1H3,(H,27,32)/t9-,10?,11+,12-,13-,14-,15+,16+,17+,18-,19+,20+,21-,23?/m0/s1. The van der Waals surface area contributed by atoms with Crippen LogP contribution >= 0.6 is 0 Å². The van der Waals surface area contributed by atoms with Crippen LogP contribution in [0.3, 0.4) is 0 Å². The molecule has 2 heterocycles. The molecule has 2 aliphatic carbocycles. The van der Waals surface area contributed by atoms with E-state index in [1.165, 1.54) is 0 Å². The lowest BCUT2D eigenvalue weighted by molar-refractivity contribution is -0.274. The molecule has 0 aromatic heterocycles. The van der Waals surface area contributed by atoms with Crippen molar-refractivity contribution in [2.45, 2.75) is 118 Å². The number of nitrogens with one attached hydrogen (secondary N) is 1. The predicted molar refractivity (Wildman–Crippen MR) is 126 cm³/mol. The van der Waals surface area contributed by atoms with Crippen molar-refractivity contribution in [3.05, 3.63) is 0 Å². The van der Waals surface area contributed by atoms with Gasteiger partial charge in [0.15, 0.2) is 12.6 Å². The number of nitrogens with two attached hydrogens (primary N) is 3. The summed E-state index contributed by atoms with van der Waals surface area (Å²) in [4.78, 5) is 12.6. The summed E-state index contributed by atoms with van der Waals surface area (Å²) in [6, 6.07) is -1.90. The summed E-state index contributed by atoms with van der Waals surface area (Å²) >= 11 is 0. The van der Waals surface area contributed by atoms with Gasteiger partial charge in [0.1, 0.15) is 36.1 Å². The Morgan fingerprint density at radius 3 is 2.32 bits per heavy atom. The van der Waals surface area contributed by atoms with Gasteiger partial charge in [-0.25, -0.2) is 0 Å². The molecule has 2 saturated carbocycles. The largest absolute Gasteiger partial charge is 0.394 e. The number of hydrogen-bond acceptors (Lipinski definition) is 13. The third-order valence-corrected chi connectivity index (χ3v) is 7.99. The molecule has 37 heavy (non-hydrogen) atoms. The maximum atomic E-state index is 12.6.